The minimum atomic E-state index is -0.779. The Morgan fingerprint density at radius 3 is 2.30 bits per heavy atom. The van der Waals surface area contributed by atoms with E-state index in [-0.39, 0.29) is 0 Å². The van der Waals surface area contributed by atoms with Gasteiger partial charge < -0.3 is 5.11 Å². The van der Waals surface area contributed by atoms with E-state index in [0.717, 1.165) is 12.0 Å². The molecule has 0 spiro atoms. The molecule has 0 bridgehead atoms. The molecule has 1 N–H and O–H groups in total. The zero-order valence-electron chi connectivity index (χ0n) is 11.9. The van der Waals surface area contributed by atoms with Crippen LogP contribution in [-0.2, 0) is 11.2 Å². The van der Waals surface area contributed by atoms with E-state index in [0.29, 0.717) is 5.92 Å². The van der Waals surface area contributed by atoms with Gasteiger partial charge >= 0.3 is 5.97 Å². The molecule has 0 saturated heterocycles. The van der Waals surface area contributed by atoms with Crippen LogP contribution in [0.1, 0.15) is 42.4 Å². The Morgan fingerprint density at radius 1 is 1.00 bits per heavy atom. The Balaban J connectivity index is 2.14. The Labute approximate surface area is 120 Å². The molecule has 104 valence electrons. The first-order chi connectivity index (χ1) is 9.58. The minimum absolute atomic E-state index is 0.423. The fourth-order valence-electron chi connectivity index (χ4n) is 2.38. The standard InChI is InChI=1S/C18H20O2/c1-13(16-8-4-3-5-9-16)11-15-7-6-10-17(12-15)14(2)18(19)20/h3-10,12-14H,11H2,1-2H3,(H,19,20)/t13-,14-/m0/s1. The highest BCUT2D eigenvalue weighted by Gasteiger charge is 2.14. The second kappa shape index (κ2) is 6.38. The Bertz CT molecular complexity index is 575. The second-order valence-electron chi connectivity index (χ2n) is 5.32. The van der Waals surface area contributed by atoms with Crippen LogP contribution in [0.5, 0.6) is 0 Å². The van der Waals surface area contributed by atoms with Crippen LogP contribution < -0.4 is 0 Å². The van der Waals surface area contributed by atoms with Gasteiger partial charge in [-0.05, 0) is 36.0 Å². The van der Waals surface area contributed by atoms with Crippen molar-refractivity contribution in [1.29, 1.82) is 0 Å². The van der Waals surface area contributed by atoms with Crippen LogP contribution in [0.2, 0.25) is 0 Å². The molecule has 0 radical (unpaired) electrons. The zero-order valence-corrected chi connectivity index (χ0v) is 11.9. The van der Waals surface area contributed by atoms with Gasteiger partial charge in [-0.1, -0.05) is 61.5 Å². The molecular weight excluding hydrogens is 248 g/mol. The summed E-state index contributed by atoms with van der Waals surface area (Å²) in [5.41, 5.74) is 3.37. The SMILES string of the molecule is C[C@H](C(=O)O)c1cccc(C[C@H](C)c2ccccc2)c1. The van der Waals surface area contributed by atoms with Gasteiger partial charge in [0.15, 0.2) is 0 Å². The molecule has 0 aliphatic heterocycles. The highest BCUT2D eigenvalue weighted by molar-refractivity contribution is 5.75. The fraction of sp³-hybridized carbons (Fsp3) is 0.278. The molecule has 20 heavy (non-hydrogen) atoms. The number of hydrogen-bond acceptors (Lipinski definition) is 1. The third kappa shape index (κ3) is 3.47. The number of benzene rings is 2. The minimum Gasteiger partial charge on any atom is -0.481 e. The number of carbonyl (C=O) groups is 1. The normalized spacial score (nSPS) is 13.7. The van der Waals surface area contributed by atoms with Crippen molar-refractivity contribution in [2.24, 2.45) is 0 Å². The Morgan fingerprint density at radius 2 is 1.65 bits per heavy atom. The first-order valence-electron chi connectivity index (χ1n) is 6.94. The van der Waals surface area contributed by atoms with Gasteiger partial charge in [-0.15, -0.1) is 0 Å². The third-order valence-corrected chi connectivity index (χ3v) is 3.73. The number of hydrogen-bond donors (Lipinski definition) is 1. The predicted molar refractivity (Wildman–Crippen MR) is 81.1 cm³/mol. The molecule has 2 heteroatoms. The van der Waals surface area contributed by atoms with Crippen LogP contribution in [0.3, 0.4) is 0 Å². The molecule has 0 unspecified atom stereocenters. The first-order valence-corrected chi connectivity index (χ1v) is 6.94. The molecule has 0 amide bonds. The van der Waals surface area contributed by atoms with Crippen LogP contribution in [-0.4, -0.2) is 11.1 Å². The second-order valence-corrected chi connectivity index (χ2v) is 5.32. The van der Waals surface area contributed by atoms with Gasteiger partial charge in [0.05, 0.1) is 5.92 Å². The molecule has 2 nitrogen and oxygen atoms in total. The topological polar surface area (TPSA) is 37.3 Å². The lowest BCUT2D eigenvalue weighted by molar-refractivity contribution is -0.138. The van der Waals surface area contributed by atoms with Crippen LogP contribution in [0.25, 0.3) is 0 Å². The summed E-state index contributed by atoms with van der Waals surface area (Å²) in [7, 11) is 0. The first kappa shape index (κ1) is 14.3. The van der Waals surface area contributed by atoms with Crippen molar-refractivity contribution < 1.29 is 9.90 Å². The van der Waals surface area contributed by atoms with E-state index in [1.54, 1.807) is 6.92 Å². The van der Waals surface area contributed by atoms with Crippen LogP contribution in [0.4, 0.5) is 0 Å². The maximum Gasteiger partial charge on any atom is 0.310 e. The van der Waals surface area contributed by atoms with Crippen LogP contribution in [0, 0.1) is 0 Å². The summed E-state index contributed by atoms with van der Waals surface area (Å²) in [6.07, 6.45) is 0.921. The largest absolute Gasteiger partial charge is 0.481 e. The average Bonchev–Trinajstić information content (AvgIpc) is 2.47. The zero-order chi connectivity index (χ0) is 14.5. The van der Waals surface area contributed by atoms with Crippen molar-refractivity contribution in [2.75, 3.05) is 0 Å². The van der Waals surface area contributed by atoms with Crippen molar-refractivity contribution in [3.8, 4) is 0 Å². The summed E-state index contributed by atoms with van der Waals surface area (Å²) in [6, 6.07) is 18.3. The van der Waals surface area contributed by atoms with Gasteiger partial charge in [0.25, 0.3) is 0 Å². The smallest absolute Gasteiger partial charge is 0.310 e. The molecule has 0 aromatic heterocycles. The summed E-state index contributed by atoms with van der Waals surface area (Å²) in [5.74, 6) is -0.813. The fourth-order valence-corrected chi connectivity index (χ4v) is 2.38. The highest BCUT2D eigenvalue weighted by Crippen LogP contribution is 2.23. The number of carboxylic acid groups (broad SMARTS) is 1. The molecule has 0 aliphatic carbocycles. The van der Waals surface area contributed by atoms with Gasteiger partial charge in [-0.3, -0.25) is 4.79 Å². The molecule has 2 aromatic rings. The summed E-state index contributed by atoms with van der Waals surface area (Å²) in [6.45, 7) is 3.92. The van der Waals surface area contributed by atoms with E-state index < -0.39 is 11.9 Å². The van der Waals surface area contributed by atoms with Crippen molar-refractivity contribution in [3.63, 3.8) is 0 Å². The molecule has 0 heterocycles. The highest BCUT2D eigenvalue weighted by atomic mass is 16.4. The summed E-state index contributed by atoms with van der Waals surface area (Å²) < 4.78 is 0. The predicted octanol–water partition coefficient (Wildman–Crippen LogP) is 4.22. The van der Waals surface area contributed by atoms with E-state index in [9.17, 15) is 4.79 Å². The van der Waals surface area contributed by atoms with Gasteiger partial charge in [0.2, 0.25) is 0 Å². The average molecular weight is 268 g/mol. The third-order valence-electron chi connectivity index (χ3n) is 3.73. The molecule has 2 atom stereocenters. The molecular formula is C18H20O2. The Kier molecular flexibility index (Phi) is 4.57. The summed E-state index contributed by atoms with van der Waals surface area (Å²) in [5, 5.41) is 9.09. The van der Waals surface area contributed by atoms with E-state index >= 15 is 0 Å². The van der Waals surface area contributed by atoms with Gasteiger partial charge in [0.1, 0.15) is 0 Å². The molecule has 2 aromatic carbocycles. The quantitative estimate of drug-likeness (QED) is 0.881. The van der Waals surface area contributed by atoms with Crippen LogP contribution >= 0.6 is 0 Å². The summed E-state index contributed by atoms with van der Waals surface area (Å²) >= 11 is 0. The summed E-state index contributed by atoms with van der Waals surface area (Å²) in [4.78, 5) is 11.1. The van der Waals surface area contributed by atoms with Gasteiger partial charge in [-0.2, -0.15) is 0 Å². The number of carboxylic acids is 1. The van der Waals surface area contributed by atoms with Crippen molar-refractivity contribution >= 4 is 5.97 Å². The van der Waals surface area contributed by atoms with E-state index in [4.69, 9.17) is 5.11 Å². The molecule has 0 aliphatic rings. The molecule has 2 rings (SSSR count). The maximum absolute atomic E-state index is 11.1. The van der Waals surface area contributed by atoms with Gasteiger partial charge in [-0.25, -0.2) is 0 Å². The van der Waals surface area contributed by atoms with E-state index in [1.165, 1.54) is 11.1 Å². The van der Waals surface area contributed by atoms with Crippen molar-refractivity contribution in [3.05, 3.63) is 71.3 Å². The van der Waals surface area contributed by atoms with E-state index in [2.05, 4.69) is 37.3 Å². The molecule has 0 saturated carbocycles. The van der Waals surface area contributed by atoms with Crippen LogP contribution in [0.15, 0.2) is 54.6 Å². The van der Waals surface area contributed by atoms with Gasteiger partial charge in [0, 0.05) is 0 Å². The Hall–Kier alpha value is -2.09. The van der Waals surface area contributed by atoms with Crippen molar-refractivity contribution in [2.45, 2.75) is 32.1 Å². The lowest BCUT2D eigenvalue weighted by atomic mass is 9.91. The lowest BCUT2D eigenvalue weighted by Crippen LogP contribution is -2.08. The number of aliphatic carboxylic acids is 1. The lowest BCUT2D eigenvalue weighted by Gasteiger charge is -2.14. The molecule has 0 fully saturated rings. The van der Waals surface area contributed by atoms with Crippen molar-refractivity contribution in [1.82, 2.24) is 0 Å². The monoisotopic (exact) mass is 268 g/mol. The maximum atomic E-state index is 11.1. The van der Waals surface area contributed by atoms with E-state index in [1.807, 2.05) is 24.3 Å². The number of rotatable bonds is 5.